The van der Waals surface area contributed by atoms with E-state index in [0.717, 1.165) is 0 Å². The summed E-state index contributed by atoms with van der Waals surface area (Å²) in [6.07, 6.45) is 0.941. The van der Waals surface area contributed by atoms with Crippen LogP contribution in [0.15, 0.2) is 29.2 Å². The van der Waals surface area contributed by atoms with Crippen molar-refractivity contribution in [3.63, 3.8) is 0 Å². The maximum atomic E-state index is 12.6. The molecule has 21 heavy (non-hydrogen) atoms. The van der Waals surface area contributed by atoms with Gasteiger partial charge in [-0.1, -0.05) is 23.9 Å². The van der Waals surface area contributed by atoms with Crippen molar-refractivity contribution in [3.8, 4) is 0 Å². The van der Waals surface area contributed by atoms with Crippen molar-refractivity contribution in [1.82, 2.24) is 4.90 Å². The van der Waals surface area contributed by atoms with Crippen LogP contribution in [0.4, 0.5) is 8.78 Å². The maximum Gasteiger partial charge on any atom is 0.329 e. The van der Waals surface area contributed by atoms with Crippen molar-refractivity contribution < 1.29 is 23.5 Å². The van der Waals surface area contributed by atoms with Crippen molar-refractivity contribution in [2.45, 2.75) is 36.0 Å². The number of alkyl halides is 2. The van der Waals surface area contributed by atoms with Gasteiger partial charge in [0, 0.05) is 11.4 Å². The molecule has 0 saturated carbocycles. The summed E-state index contributed by atoms with van der Waals surface area (Å²) in [6.45, 7) is 1.80. The molecule has 0 bridgehead atoms. The van der Waals surface area contributed by atoms with Gasteiger partial charge in [-0.05, 0) is 31.9 Å². The fourth-order valence-electron chi connectivity index (χ4n) is 2.50. The maximum absolute atomic E-state index is 12.6. The summed E-state index contributed by atoms with van der Waals surface area (Å²) < 4.78 is 25.1. The number of benzene rings is 1. The summed E-state index contributed by atoms with van der Waals surface area (Å²) >= 11 is 0.292. The molecule has 1 aromatic rings. The molecule has 2 rings (SSSR count). The molecule has 0 radical (unpaired) electrons. The Morgan fingerprint density at radius 1 is 1.38 bits per heavy atom. The number of rotatable bonds is 4. The van der Waals surface area contributed by atoms with Crippen LogP contribution in [0.5, 0.6) is 0 Å². The van der Waals surface area contributed by atoms with E-state index in [2.05, 4.69) is 0 Å². The second kappa shape index (κ2) is 6.01. The quantitative estimate of drug-likeness (QED) is 0.868. The summed E-state index contributed by atoms with van der Waals surface area (Å²) in [5.41, 5.74) is -1.16. The third-order valence-corrected chi connectivity index (χ3v) is 4.47. The predicted octanol–water partition coefficient (Wildman–Crippen LogP) is 3.08. The van der Waals surface area contributed by atoms with Gasteiger partial charge in [0.1, 0.15) is 5.54 Å². The van der Waals surface area contributed by atoms with Gasteiger partial charge in [0.2, 0.25) is 0 Å². The third-order valence-electron chi connectivity index (χ3n) is 3.68. The number of carbonyl (C=O) groups excluding carboxylic acids is 1. The molecule has 1 aliphatic rings. The van der Waals surface area contributed by atoms with Gasteiger partial charge in [-0.15, -0.1) is 0 Å². The Hall–Kier alpha value is -1.63. The molecule has 1 aliphatic heterocycles. The molecule has 0 aliphatic carbocycles. The predicted molar refractivity (Wildman–Crippen MR) is 74.6 cm³/mol. The third kappa shape index (κ3) is 3.02. The Labute approximate surface area is 125 Å². The van der Waals surface area contributed by atoms with Crippen LogP contribution in [0.3, 0.4) is 0 Å². The average Bonchev–Trinajstić information content (AvgIpc) is 2.81. The lowest BCUT2D eigenvalue weighted by atomic mass is 9.98. The Bertz CT molecular complexity index is 567. The SMILES string of the molecule is CC1(C(=O)O)CCCN1C(=O)c1ccccc1SC(F)F. The lowest BCUT2D eigenvalue weighted by Crippen LogP contribution is -2.50. The van der Waals surface area contributed by atoms with E-state index in [1.807, 2.05) is 0 Å². The molecular formula is C14H15F2NO3S. The lowest BCUT2D eigenvalue weighted by Gasteiger charge is -2.31. The molecule has 1 unspecified atom stereocenters. The molecule has 4 nitrogen and oxygen atoms in total. The minimum absolute atomic E-state index is 0.122. The molecule has 1 saturated heterocycles. The first-order chi connectivity index (χ1) is 9.86. The molecular weight excluding hydrogens is 300 g/mol. The van der Waals surface area contributed by atoms with Crippen LogP contribution in [0, 0.1) is 0 Å². The Kier molecular flexibility index (Phi) is 4.51. The number of halogens is 2. The topological polar surface area (TPSA) is 57.6 Å². The van der Waals surface area contributed by atoms with Gasteiger partial charge in [-0.25, -0.2) is 4.79 Å². The van der Waals surface area contributed by atoms with Crippen molar-refractivity contribution in [1.29, 1.82) is 0 Å². The Morgan fingerprint density at radius 3 is 2.67 bits per heavy atom. The first-order valence-corrected chi connectivity index (χ1v) is 7.33. The molecule has 1 aromatic carbocycles. The molecule has 1 atom stereocenters. The molecule has 7 heteroatoms. The van der Waals surface area contributed by atoms with Crippen molar-refractivity contribution in [3.05, 3.63) is 29.8 Å². The first kappa shape index (κ1) is 15.8. The van der Waals surface area contributed by atoms with Gasteiger partial charge >= 0.3 is 5.97 Å². The molecule has 0 aromatic heterocycles. The van der Waals surface area contributed by atoms with E-state index in [4.69, 9.17) is 0 Å². The number of carboxylic acid groups (broad SMARTS) is 1. The zero-order valence-corrected chi connectivity index (χ0v) is 12.2. The van der Waals surface area contributed by atoms with Crippen molar-refractivity contribution in [2.24, 2.45) is 0 Å². The van der Waals surface area contributed by atoms with Crippen LogP contribution in [0.1, 0.15) is 30.1 Å². The minimum Gasteiger partial charge on any atom is -0.480 e. The number of aliphatic carboxylic acids is 1. The number of likely N-dealkylation sites (tertiary alicyclic amines) is 1. The van der Waals surface area contributed by atoms with E-state index < -0.39 is 23.2 Å². The van der Waals surface area contributed by atoms with Gasteiger partial charge in [0.25, 0.3) is 11.7 Å². The highest BCUT2D eigenvalue weighted by atomic mass is 32.2. The second-order valence-electron chi connectivity index (χ2n) is 5.01. The lowest BCUT2D eigenvalue weighted by molar-refractivity contribution is -0.147. The van der Waals surface area contributed by atoms with Gasteiger partial charge < -0.3 is 10.0 Å². The van der Waals surface area contributed by atoms with Crippen LogP contribution in [0.2, 0.25) is 0 Å². The summed E-state index contributed by atoms with van der Waals surface area (Å²) in [5, 5.41) is 9.33. The average molecular weight is 315 g/mol. The van der Waals surface area contributed by atoms with E-state index in [-0.39, 0.29) is 10.5 Å². The molecule has 0 spiro atoms. The monoisotopic (exact) mass is 315 g/mol. The van der Waals surface area contributed by atoms with Crippen LogP contribution in [-0.2, 0) is 4.79 Å². The fraction of sp³-hybridized carbons (Fsp3) is 0.429. The van der Waals surface area contributed by atoms with Crippen molar-refractivity contribution >= 4 is 23.6 Å². The Morgan fingerprint density at radius 2 is 2.05 bits per heavy atom. The first-order valence-electron chi connectivity index (χ1n) is 6.45. The number of thioether (sulfide) groups is 1. The Balaban J connectivity index is 2.34. The number of carbonyl (C=O) groups is 2. The number of amides is 1. The number of carboxylic acids is 1. The molecule has 1 amide bonds. The largest absolute Gasteiger partial charge is 0.480 e. The van der Waals surface area contributed by atoms with E-state index in [0.29, 0.717) is 31.1 Å². The van der Waals surface area contributed by atoms with E-state index in [1.165, 1.54) is 24.0 Å². The highest BCUT2D eigenvalue weighted by Crippen LogP contribution is 2.34. The summed E-state index contributed by atoms with van der Waals surface area (Å²) in [4.78, 5) is 25.4. The smallest absolute Gasteiger partial charge is 0.329 e. The zero-order valence-electron chi connectivity index (χ0n) is 11.4. The van der Waals surface area contributed by atoms with E-state index in [9.17, 15) is 23.5 Å². The normalized spacial score (nSPS) is 21.8. The zero-order chi connectivity index (χ0) is 15.6. The van der Waals surface area contributed by atoms with Crippen LogP contribution >= 0.6 is 11.8 Å². The molecule has 1 heterocycles. The number of hydrogen-bond acceptors (Lipinski definition) is 3. The van der Waals surface area contributed by atoms with Gasteiger partial charge in [0.15, 0.2) is 0 Å². The molecule has 1 fully saturated rings. The van der Waals surface area contributed by atoms with Crippen LogP contribution in [0.25, 0.3) is 0 Å². The minimum atomic E-state index is -2.64. The van der Waals surface area contributed by atoms with E-state index >= 15 is 0 Å². The second-order valence-corrected chi connectivity index (χ2v) is 6.05. The number of hydrogen-bond donors (Lipinski definition) is 1. The van der Waals surface area contributed by atoms with Gasteiger partial charge in [0.05, 0.1) is 5.56 Å². The summed E-state index contributed by atoms with van der Waals surface area (Å²) in [5.74, 6) is -4.23. The molecule has 1 N–H and O–H groups in total. The summed E-state index contributed by atoms with van der Waals surface area (Å²) in [7, 11) is 0. The highest BCUT2D eigenvalue weighted by Gasteiger charge is 2.46. The molecule has 114 valence electrons. The van der Waals surface area contributed by atoms with Crippen LogP contribution < -0.4 is 0 Å². The number of nitrogens with zero attached hydrogens (tertiary/aromatic N) is 1. The fourth-order valence-corrected chi connectivity index (χ4v) is 3.13. The standard InChI is InChI=1S/C14H15F2NO3S/c1-14(12(19)20)7-4-8-17(14)11(18)9-5-2-3-6-10(9)21-13(15)16/h2-3,5-6,13H,4,7-8H2,1H3,(H,19,20). The summed E-state index contributed by atoms with van der Waals surface area (Å²) in [6, 6.07) is 6.05. The van der Waals surface area contributed by atoms with E-state index in [1.54, 1.807) is 12.1 Å². The van der Waals surface area contributed by atoms with Gasteiger partial charge in [-0.2, -0.15) is 8.78 Å². The van der Waals surface area contributed by atoms with Crippen molar-refractivity contribution in [2.75, 3.05) is 6.54 Å². The van der Waals surface area contributed by atoms with Gasteiger partial charge in [-0.3, -0.25) is 4.79 Å². The van der Waals surface area contributed by atoms with Crippen LogP contribution in [-0.4, -0.2) is 39.7 Å². The highest BCUT2D eigenvalue weighted by molar-refractivity contribution is 7.99.